The van der Waals surface area contributed by atoms with Crippen LogP contribution in [0.2, 0.25) is 0 Å². The fraction of sp³-hybridized carbons (Fsp3) is 0.278. The van der Waals surface area contributed by atoms with Gasteiger partial charge in [-0.15, -0.1) is 12.4 Å². The Morgan fingerprint density at radius 2 is 1.81 bits per heavy atom. The molecule has 6 nitrogen and oxygen atoms in total. The minimum Gasteiger partial charge on any atom is -0.352 e. The van der Waals surface area contributed by atoms with Gasteiger partial charge in [-0.25, -0.2) is 12.8 Å². The van der Waals surface area contributed by atoms with E-state index in [2.05, 4.69) is 15.4 Å². The highest BCUT2D eigenvalue weighted by atomic mass is 35.5. The molecule has 0 spiro atoms. The molecule has 1 amide bonds. The van der Waals surface area contributed by atoms with E-state index in [1.54, 1.807) is 18.2 Å². The van der Waals surface area contributed by atoms with Crippen LogP contribution >= 0.6 is 12.4 Å². The van der Waals surface area contributed by atoms with Crippen molar-refractivity contribution in [1.29, 1.82) is 0 Å². The summed E-state index contributed by atoms with van der Waals surface area (Å²) in [7, 11) is -2.13. The minimum absolute atomic E-state index is 0. The summed E-state index contributed by atoms with van der Waals surface area (Å²) >= 11 is 0. The van der Waals surface area contributed by atoms with Gasteiger partial charge in [-0.3, -0.25) is 9.52 Å². The molecule has 0 radical (unpaired) electrons. The van der Waals surface area contributed by atoms with Crippen LogP contribution in [0.4, 0.5) is 10.1 Å². The number of aryl methyl sites for hydroxylation is 1. The van der Waals surface area contributed by atoms with Gasteiger partial charge in [0.15, 0.2) is 0 Å². The molecule has 27 heavy (non-hydrogen) atoms. The SMILES string of the molecule is CNCCCNC(=O)c1ccccc1NS(=O)(=O)c1ccc(F)cc1C.Cl. The lowest BCUT2D eigenvalue weighted by molar-refractivity contribution is 0.0954. The summed E-state index contributed by atoms with van der Waals surface area (Å²) in [6.45, 7) is 2.74. The van der Waals surface area contributed by atoms with Crippen molar-refractivity contribution in [3.8, 4) is 0 Å². The molecule has 0 fully saturated rings. The second kappa shape index (κ2) is 10.2. The largest absolute Gasteiger partial charge is 0.352 e. The molecule has 0 heterocycles. The van der Waals surface area contributed by atoms with Crippen molar-refractivity contribution in [3.05, 3.63) is 59.4 Å². The number of amides is 1. The highest BCUT2D eigenvalue weighted by molar-refractivity contribution is 7.92. The van der Waals surface area contributed by atoms with Crippen LogP contribution in [-0.4, -0.2) is 34.5 Å². The number of anilines is 1. The van der Waals surface area contributed by atoms with Gasteiger partial charge in [0, 0.05) is 6.54 Å². The van der Waals surface area contributed by atoms with Crippen LogP contribution in [-0.2, 0) is 10.0 Å². The monoisotopic (exact) mass is 415 g/mol. The molecule has 0 aromatic heterocycles. The number of benzene rings is 2. The fourth-order valence-electron chi connectivity index (χ4n) is 2.45. The van der Waals surface area contributed by atoms with E-state index in [0.29, 0.717) is 6.54 Å². The van der Waals surface area contributed by atoms with Crippen LogP contribution in [0.3, 0.4) is 0 Å². The topological polar surface area (TPSA) is 87.3 Å². The molecule has 0 unspecified atom stereocenters. The maximum atomic E-state index is 13.2. The molecule has 2 aromatic carbocycles. The highest BCUT2D eigenvalue weighted by Crippen LogP contribution is 2.22. The Morgan fingerprint density at radius 3 is 2.48 bits per heavy atom. The zero-order valence-electron chi connectivity index (χ0n) is 15.1. The average molecular weight is 416 g/mol. The van der Waals surface area contributed by atoms with E-state index in [1.165, 1.54) is 19.1 Å². The molecule has 0 aliphatic heterocycles. The molecule has 2 rings (SSSR count). The maximum absolute atomic E-state index is 13.2. The van der Waals surface area contributed by atoms with Gasteiger partial charge in [-0.2, -0.15) is 0 Å². The molecular formula is C18H23ClFN3O3S. The third-order valence-corrected chi connectivity index (χ3v) is 5.26. The number of carbonyl (C=O) groups excluding carboxylic acids is 1. The number of para-hydroxylation sites is 1. The van der Waals surface area contributed by atoms with Crippen molar-refractivity contribution in [2.75, 3.05) is 24.9 Å². The van der Waals surface area contributed by atoms with Crippen LogP contribution in [0.25, 0.3) is 0 Å². The molecule has 9 heteroatoms. The first-order valence-corrected chi connectivity index (χ1v) is 9.64. The predicted octanol–water partition coefficient (Wildman–Crippen LogP) is 2.70. The standard InChI is InChI=1S/C18H22FN3O3S.ClH/c1-13-12-14(19)8-9-17(13)26(24,25)22-16-7-4-3-6-15(16)18(23)21-11-5-10-20-2;/h3-4,6-9,12,20,22H,5,10-11H2,1-2H3,(H,21,23);1H. The van der Waals surface area contributed by atoms with Crippen molar-refractivity contribution in [1.82, 2.24) is 10.6 Å². The van der Waals surface area contributed by atoms with E-state index in [9.17, 15) is 17.6 Å². The van der Waals surface area contributed by atoms with Crippen LogP contribution < -0.4 is 15.4 Å². The summed E-state index contributed by atoms with van der Waals surface area (Å²) in [5.74, 6) is -0.877. The van der Waals surface area contributed by atoms with Gasteiger partial charge < -0.3 is 10.6 Å². The lowest BCUT2D eigenvalue weighted by Crippen LogP contribution is -2.28. The first-order chi connectivity index (χ1) is 12.3. The molecule has 0 aliphatic carbocycles. The first-order valence-electron chi connectivity index (χ1n) is 8.16. The summed E-state index contributed by atoms with van der Waals surface area (Å²) < 4.78 is 40.9. The number of sulfonamides is 1. The fourth-order valence-corrected chi connectivity index (χ4v) is 3.75. The molecule has 0 aliphatic rings. The molecule has 0 saturated carbocycles. The van der Waals surface area contributed by atoms with Gasteiger partial charge in [0.25, 0.3) is 15.9 Å². The Kier molecular flexibility index (Phi) is 8.68. The van der Waals surface area contributed by atoms with Crippen LogP contribution in [0, 0.1) is 12.7 Å². The van der Waals surface area contributed by atoms with Crippen molar-refractivity contribution >= 4 is 34.0 Å². The lowest BCUT2D eigenvalue weighted by atomic mass is 10.1. The van der Waals surface area contributed by atoms with Crippen LogP contribution in [0.15, 0.2) is 47.4 Å². The Balaban J connectivity index is 0.00000364. The number of halogens is 2. The summed E-state index contributed by atoms with van der Waals surface area (Å²) in [5.41, 5.74) is 0.675. The van der Waals surface area contributed by atoms with E-state index in [-0.39, 0.29) is 40.0 Å². The zero-order chi connectivity index (χ0) is 19.2. The van der Waals surface area contributed by atoms with E-state index in [4.69, 9.17) is 0 Å². The van der Waals surface area contributed by atoms with Crippen LogP contribution in [0.1, 0.15) is 22.3 Å². The molecule has 0 bridgehead atoms. The Hall–Kier alpha value is -2.16. The third-order valence-electron chi connectivity index (χ3n) is 3.73. The first kappa shape index (κ1) is 22.9. The Morgan fingerprint density at radius 1 is 1.11 bits per heavy atom. The van der Waals surface area contributed by atoms with Gasteiger partial charge >= 0.3 is 0 Å². The number of carbonyl (C=O) groups is 1. The molecule has 0 atom stereocenters. The maximum Gasteiger partial charge on any atom is 0.262 e. The second-order valence-electron chi connectivity index (χ2n) is 5.77. The number of nitrogens with one attached hydrogen (secondary N) is 3. The zero-order valence-corrected chi connectivity index (χ0v) is 16.7. The molecule has 3 N–H and O–H groups in total. The van der Waals surface area contributed by atoms with Crippen molar-refractivity contribution in [3.63, 3.8) is 0 Å². The number of hydrogen-bond donors (Lipinski definition) is 3. The van der Waals surface area contributed by atoms with Crippen molar-refractivity contribution in [2.45, 2.75) is 18.2 Å². The van der Waals surface area contributed by atoms with Gasteiger partial charge in [0.2, 0.25) is 0 Å². The molecule has 148 valence electrons. The number of hydrogen-bond acceptors (Lipinski definition) is 4. The summed E-state index contributed by atoms with van der Waals surface area (Å²) in [6, 6.07) is 9.78. The highest BCUT2D eigenvalue weighted by Gasteiger charge is 2.20. The second-order valence-corrected chi connectivity index (χ2v) is 7.42. The predicted molar refractivity (Wildman–Crippen MR) is 107 cm³/mol. The van der Waals surface area contributed by atoms with E-state index in [0.717, 1.165) is 25.1 Å². The normalized spacial score (nSPS) is 10.8. The minimum atomic E-state index is -3.95. The average Bonchev–Trinajstić information content (AvgIpc) is 2.58. The van der Waals surface area contributed by atoms with Crippen molar-refractivity contribution in [2.24, 2.45) is 0 Å². The number of rotatable bonds is 8. The third kappa shape index (κ3) is 6.20. The summed E-state index contributed by atoms with van der Waals surface area (Å²) in [6.07, 6.45) is 0.755. The van der Waals surface area contributed by atoms with Gasteiger partial charge in [0.05, 0.1) is 16.1 Å². The summed E-state index contributed by atoms with van der Waals surface area (Å²) in [4.78, 5) is 12.3. The molecule has 2 aromatic rings. The van der Waals surface area contributed by atoms with Crippen molar-refractivity contribution < 1.29 is 17.6 Å². The van der Waals surface area contributed by atoms with Crippen LogP contribution in [0.5, 0.6) is 0 Å². The lowest BCUT2D eigenvalue weighted by Gasteiger charge is -2.14. The van der Waals surface area contributed by atoms with Gasteiger partial charge in [0.1, 0.15) is 5.82 Å². The van der Waals surface area contributed by atoms with E-state index >= 15 is 0 Å². The van der Waals surface area contributed by atoms with Gasteiger partial charge in [-0.1, -0.05) is 12.1 Å². The smallest absolute Gasteiger partial charge is 0.262 e. The Labute approximate surface area is 165 Å². The van der Waals surface area contributed by atoms with E-state index in [1.807, 2.05) is 7.05 Å². The van der Waals surface area contributed by atoms with E-state index < -0.39 is 15.8 Å². The quantitative estimate of drug-likeness (QED) is 0.578. The van der Waals surface area contributed by atoms with Gasteiger partial charge in [-0.05, 0) is 62.8 Å². The summed E-state index contributed by atoms with van der Waals surface area (Å²) in [5, 5.41) is 5.74. The molecular weight excluding hydrogens is 393 g/mol. The molecule has 0 saturated heterocycles. The Bertz CT molecular complexity index is 891.